The van der Waals surface area contributed by atoms with Crippen molar-refractivity contribution < 1.29 is 19.1 Å². The van der Waals surface area contributed by atoms with Gasteiger partial charge >= 0.3 is 12.2 Å². The van der Waals surface area contributed by atoms with E-state index in [0.29, 0.717) is 48.8 Å². The number of benzene rings is 2. The molecule has 0 spiro atoms. The highest BCUT2D eigenvalue weighted by atomic mass is 16.6. The molecule has 0 atom stereocenters. The van der Waals surface area contributed by atoms with Crippen LogP contribution >= 0.6 is 0 Å². The third-order valence-corrected chi connectivity index (χ3v) is 4.50. The van der Waals surface area contributed by atoms with Crippen LogP contribution in [0.1, 0.15) is 27.7 Å². The molecule has 6 heteroatoms. The van der Waals surface area contributed by atoms with Crippen LogP contribution in [-0.2, 0) is 0 Å². The van der Waals surface area contributed by atoms with Crippen LogP contribution in [0.5, 0.6) is 11.5 Å². The fraction of sp³-hybridized carbons (Fsp3) is 0.364. The molecule has 28 heavy (non-hydrogen) atoms. The van der Waals surface area contributed by atoms with Crippen molar-refractivity contribution in [3.8, 4) is 22.6 Å². The molecule has 2 rings (SSSR count). The highest BCUT2D eigenvalue weighted by Crippen LogP contribution is 2.36. The third-order valence-electron chi connectivity index (χ3n) is 4.50. The second-order valence-electron chi connectivity index (χ2n) is 6.07. The van der Waals surface area contributed by atoms with E-state index in [-0.39, 0.29) is 0 Å². The topological polar surface area (TPSA) is 59.1 Å². The predicted molar refractivity (Wildman–Crippen MR) is 110 cm³/mol. The molecule has 2 amide bonds. The lowest BCUT2D eigenvalue weighted by molar-refractivity contribution is 0.156. The maximum Gasteiger partial charge on any atom is 0.415 e. The van der Waals surface area contributed by atoms with E-state index in [1.165, 1.54) is 0 Å². The molecule has 0 heterocycles. The van der Waals surface area contributed by atoms with E-state index in [1.54, 1.807) is 34.1 Å². The van der Waals surface area contributed by atoms with Gasteiger partial charge < -0.3 is 19.3 Å². The molecule has 0 aliphatic heterocycles. The molecule has 0 bridgehead atoms. The fourth-order valence-corrected chi connectivity index (χ4v) is 2.84. The minimum atomic E-state index is -0.407. The van der Waals surface area contributed by atoms with Gasteiger partial charge in [0.15, 0.2) is 0 Å². The Balaban J connectivity index is 2.36. The lowest BCUT2D eigenvalue weighted by Crippen LogP contribution is -2.33. The normalized spacial score (nSPS) is 10.3. The summed E-state index contributed by atoms with van der Waals surface area (Å²) < 4.78 is 11.3. The first-order valence-electron chi connectivity index (χ1n) is 9.67. The summed E-state index contributed by atoms with van der Waals surface area (Å²) in [6, 6.07) is 14.5. The van der Waals surface area contributed by atoms with Crippen molar-refractivity contribution in [3.05, 3.63) is 48.5 Å². The van der Waals surface area contributed by atoms with Crippen molar-refractivity contribution in [1.82, 2.24) is 9.80 Å². The molecule has 150 valence electrons. The highest BCUT2D eigenvalue weighted by Gasteiger charge is 2.19. The number of rotatable bonds is 7. The molecule has 0 aliphatic carbocycles. The molecule has 0 aliphatic rings. The van der Waals surface area contributed by atoms with Gasteiger partial charge in [-0.3, -0.25) is 0 Å². The molecule has 0 saturated heterocycles. The standard InChI is InChI=1S/C22H28N2O4/c1-5-23(6-2)21(25)27-19-15-11-9-13-17(19)18-14-10-12-16-20(18)28-22(26)24(7-3)8-4/h9-16H,5-8H2,1-4H3. The number of para-hydroxylation sites is 2. The Morgan fingerprint density at radius 1 is 0.643 bits per heavy atom. The number of ether oxygens (including phenoxy) is 2. The maximum atomic E-state index is 12.4. The van der Waals surface area contributed by atoms with Gasteiger partial charge in [0, 0.05) is 37.3 Å². The Kier molecular flexibility index (Phi) is 7.87. The predicted octanol–water partition coefficient (Wildman–Crippen LogP) is 5.03. The lowest BCUT2D eigenvalue weighted by atomic mass is 10.0. The van der Waals surface area contributed by atoms with Gasteiger partial charge in [-0.05, 0) is 39.8 Å². The Bertz CT molecular complexity index is 731. The van der Waals surface area contributed by atoms with Crippen LogP contribution in [0, 0.1) is 0 Å². The van der Waals surface area contributed by atoms with E-state index in [2.05, 4.69) is 0 Å². The number of carbonyl (C=O) groups is 2. The average Bonchev–Trinajstić information content (AvgIpc) is 2.71. The minimum absolute atomic E-state index is 0.407. The zero-order valence-corrected chi connectivity index (χ0v) is 17.0. The van der Waals surface area contributed by atoms with Crippen LogP contribution in [0.25, 0.3) is 11.1 Å². The zero-order chi connectivity index (χ0) is 20.5. The van der Waals surface area contributed by atoms with Crippen molar-refractivity contribution in [2.24, 2.45) is 0 Å². The van der Waals surface area contributed by atoms with Crippen LogP contribution in [0.2, 0.25) is 0 Å². The van der Waals surface area contributed by atoms with Gasteiger partial charge in [0.1, 0.15) is 11.5 Å². The molecular formula is C22H28N2O4. The number of hydrogen-bond donors (Lipinski definition) is 0. The number of carbonyl (C=O) groups excluding carboxylic acids is 2. The Hall–Kier alpha value is -3.02. The zero-order valence-electron chi connectivity index (χ0n) is 17.0. The highest BCUT2D eigenvalue weighted by molar-refractivity contribution is 5.82. The van der Waals surface area contributed by atoms with Crippen molar-refractivity contribution in [3.63, 3.8) is 0 Å². The number of nitrogens with zero attached hydrogens (tertiary/aromatic N) is 2. The van der Waals surface area contributed by atoms with Crippen molar-refractivity contribution >= 4 is 12.2 Å². The van der Waals surface area contributed by atoms with Gasteiger partial charge in [-0.15, -0.1) is 0 Å². The first-order valence-corrected chi connectivity index (χ1v) is 9.67. The van der Waals surface area contributed by atoms with Crippen LogP contribution in [0.4, 0.5) is 9.59 Å². The summed E-state index contributed by atoms with van der Waals surface area (Å²) >= 11 is 0. The number of amides is 2. The molecule has 0 aromatic heterocycles. The van der Waals surface area contributed by atoms with Crippen molar-refractivity contribution in [1.29, 1.82) is 0 Å². The molecule has 2 aromatic rings. The summed E-state index contributed by atoms with van der Waals surface area (Å²) in [5.74, 6) is 0.844. The molecule has 0 N–H and O–H groups in total. The van der Waals surface area contributed by atoms with Gasteiger partial charge in [-0.1, -0.05) is 36.4 Å². The van der Waals surface area contributed by atoms with E-state index in [1.807, 2.05) is 52.0 Å². The Labute approximate surface area is 166 Å². The summed E-state index contributed by atoms with van der Waals surface area (Å²) in [5.41, 5.74) is 1.37. The van der Waals surface area contributed by atoms with Gasteiger partial charge in [0.05, 0.1) is 0 Å². The van der Waals surface area contributed by atoms with E-state index < -0.39 is 12.2 Å². The first kappa shape index (κ1) is 21.3. The van der Waals surface area contributed by atoms with Gasteiger partial charge in [0.2, 0.25) is 0 Å². The molecular weight excluding hydrogens is 356 g/mol. The smallest absolute Gasteiger partial charge is 0.410 e. The molecule has 6 nitrogen and oxygen atoms in total. The molecule has 0 saturated carbocycles. The summed E-state index contributed by atoms with van der Waals surface area (Å²) in [6.45, 7) is 9.87. The molecule has 2 aromatic carbocycles. The van der Waals surface area contributed by atoms with E-state index in [0.717, 1.165) is 0 Å². The monoisotopic (exact) mass is 384 g/mol. The van der Waals surface area contributed by atoms with Gasteiger partial charge in [0.25, 0.3) is 0 Å². The van der Waals surface area contributed by atoms with Crippen LogP contribution in [-0.4, -0.2) is 48.2 Å². The van der Waals surface area contributed by atoms with Crippen LogP contribution in [0.15, 0.2) is 48.5 Å². The SMILES string of the molecule is CCN(CC)C(=O)Oc1ccccc1-c1ccccc1OC(=O)N(CC)CC. The summed E-state index contributed by atoms with van der Waals surface area (Å²) in [7, 11) is 0. The molecule has 0 radical (unpaired) electrons. The van der Waals surface area contributed by atoms with Crippen molar-refractivity contribution in [2.45, 2.75) is 27.7 Å². The minimum Gasteiger partial charge on any atom is -0.410 e. The largest absolute Gasteiger partial charge is 0.415 e. The van der Waals surface area contributed by atoms with Gasteiger partial charge in [-0.25, -0.2) is 9.59 Å². The van der Waals surface area contributed by atoms with E-state index in [9.17, 15) is 9.59 Å². The summed E-state index contributed by atoms with van der Waals surface area (Å²) in [4.78, 5) is 28.0. The summed E-state index contributed by atoms with van der Waals surface area (Å²) in [5, 5.41) is 0. The Morgan fingerprint density at radius 3 is 1.29 bits per heavy atom. The quantitative estimate of drug-likeness (QED) is 0.671. The fourth-order valence-electron chi connectivity index (χ4n) is 2.84. The van der Waals surface area contributed by atoms with Crippen molar-refractivity contribution in [2.75, 3.05) is 26.2 Å². The van der Waals surface area contributed by atoms with Gasteiger partial charge in [-0.2, -0.15) is 0 Å². The average molecular weight is 384 g/mol. The van der Waals surface area contributed by atoms with Crippen LogP contribution < -0.4 is 9.47 Å². The third kappa shape index (κ3) is 5.03. The molecule has 0 fully saturated rings. The Morgan fingerprint density at radius 2 is 0.964 bits per heavy atom. The van der Waals surface area contributed by atoms with E-state index in [4.69, 9.17) is 9.47 Å². The van der Waals surface area contributed by atoms with Crippen LogP contribution in [0.3, 0.4) is 0 Å². The van der Waals surface area contributed by atoms with E-state index >= 15 is 0 Å². The summed E-state index contributed by atoms with van der Waals surface area (Å²) in [6.07, 6.45) is -0.815. The first-order chi connectivity index (χ1) is 13.5. The second kappa shape index (κ2) is 10.3. The number of hydrogen-bond acceptors (Lipinski definition) is 4. The maximum absolute atomic E-state index is 12.4. The lowest BCUT2D eigenvalue weighted by Gasteiger charge is -2.21. The second-order valence-corrected chi connectivity index (χ2v) is 6.07. The molecule has 0 unspecified atom stereocenters.